The summed E-state index contributed by atoms with van der Waals surface area (Å²) in [6.45, 7) is 7.67. The summed E-state index contributed by atoms with van der Waals surface area (Å²) in [5.74, 6) is 0.938. The number of nitrogens with zero attached hydrogens (tertiary/aromatic N) is 3. The minimum atomic E-state index is -0.0333. The average Bonchev–Trinajstić information content (AvgIpc) is 2.59. The maximum absolute atomic E-state index is 12.4. The predicted octanol–water partition coefficient (Wildman–Crippen LogP) is 3.88. The van der Waals surface area contributed by atoms with Crippen LogP contribution in [0.25, 0.3) is 0 Å². The molecule has 138 valence electrons. The van der Waals surface area contributed by atoms with Crippen LogP contribution in [-0.2, 0) is 4.79 Å². The topological polar surface area (TPSA) is 48.5 Å². The minimum Gasteiger partial charge on any atom is -0.354 e. The summed E-state index contributed by atoms with van der Waals surface area (Å²) in [7, 11) is 0. The third kappa shape index (κ3) is 4.75. The van der Waals surface area contributed by atoms with Gasteiger partial charge in [0.2, 0.25) is 5.91 Å². The van der Waals surface area contributed by atoms with Crippen LogP contribution in [0.2, 0.25) is 5.02 Å². The van der Waals surface area contributed by atoms with Crippen molar-refractivity contribution in [2.45, 2.75) is 13.8 Å². The Morgan fingerprint density at radius 3 is 2.58 bits per heavy atom. The highest BCUT2D eigenvalue weighted by Gasteiger charge is 2.20. The van der Waals surface area contributed by atoms with Crippen LogP contribution in [0.15, 0.2) is 34.9 Å². The fraction of sp³-hybridized carbons (Fsp3) is 0.368. The lowest BCUT2D eigenvalue weighted by Crippen LogP contribution is -2.49. The number of hydrogen-bond donors (Lipinski definition) is 1. The fourth-order valence-corrected chi connectivity index (χ4v) is 3.75. The van der Waals surface area contributed by atoms with E-state index in [0.717, 1.165) is 47.6 Å². The zero-order valence-electron chi connectivity index (χ0n) is 14.9. The molecule has 1 N–H and O–H groups in total. The van der Waals surface area contributed by atoms with E-state index in [-0.39, 0.29) is 5.91 Å². The van der Waals surface area contributed by atoms with E-state index in [0.29, 0.717) is 17.3 Å². The molecule has 1 fully saturated rings. The van der Waals surface area contributed by atoms with Crippen molar-refractivity contribution in [1.82, 2.24) is 9.88 Å². The number of piperazine rings is 1. The van der Waals surface area contributed by atoms with Crippen molar-refractivity contribution in [1.29, 1.82) is 0 Å². The highest BCUT2D eigenvalue weighted by molar-refractivity contribution is 9.10. The van der Waals surface area contributed by atoms with Crippen LogP contribution in [-0.4, -0.2) is 48.5 Å². The average molecular weight is 438 g/mol. The van der Waals surface area contributed by atoms with Crippen LogP contribution in [0.3, 0.4) is 0 Å². The molecular formula is C19H22BrClN4O. The van der Waals surface area contributed by atoms with E-state index in [1.807, 2.05) is 44.3 Å². The molecule has 0 aliphatic carbocycles. The van der Waals surface area contributed by atoms with Crippen molar-refractivity contribution in [3.8, 4) is 0 Å². The van der Waals surface area contributed by atoms with Crippen LogP contribution in [0.1, 0.15) is 11.1 Å². The lowest BCUT2D eigenvalue weighted by molar-refractivity contribution is -0.117. The van der Waals surface area contributed by atoms with Crippen molar-refractivity contribution >= 4 is 44.9 Å². The molecule has 1 aliphatic heterocycles. The summed E-state index contributed by atoms with van der Waals surface area (Å²) in [4.78, 5) is 21.2. The van der Waals surface area contributed by atoms with Crippen LogP contribution >= 0.6 is 27.5 Å². The molecule has 26 heavy (non-hydrogen) atoms. The van der Waals surface area contributed by atoms with Crippen molar-refractivity contribution < 1.29 is 4.79 Å². The number of benzene rings is 1. The molecule has 1 saturated heterocycles. The highest BCUT2D eigenvalue weighted by Crippen LogP contribution is 2.27. The van der Waals surface area contributed by atoms with Gasteiger partial charge in [-0.05, 0) is 59.1 Å². The monoisotopic (exact) mass is 436 g/mol. The number of carbonyl (C=O) groups excluding carboxylic acids is 1. The van der Waals surface area contributed by atoms with Crippen LogP contribution < -0.4 is 10.2 Å². The van der Waals surface area contributed by atoms with Gasteiger partial charge in [-0.15, -0.1) is 0 Å². The van der Waals surface area contributed by atoms with E-state index in [4.69, 9.17) is 11.6 Å². The fourth-order valence-electron chi connectivity index (χ4n) is 3.15. The smallest absolute Gasteiger partial charge is 0.238 e. The largest absolute Gasteiger partial charge is 0.354 e. The maximum atomic E-state index is 12.4. The number of rotatable bonds is 4. The molecule has 5 nitrogen and oxygen atoms in total. The van der Waals surface area contributed by atoms with Gasteiger partial charge in [0, 0.05) is 36.8 Å². The quantitative estimate of drug-likeness (QED) is 0.789. The second-order valence-electron chi connectivity index (χ2n) is 6.58. The second-order valence-corrected chi connectivity index (χ2v) is 7.91. The van der Waals surface area contributed by atoms with Gasteiger partial charge in [0.25, 0.3) is 0 Å². The Labute approximate surface area is 167 Å². The Morgan fingerprint density at radius 1 is 1.23 bits per heavy atom. The van der Waals surface area contributed by atoms with E-state index >= 15 is 0 Å². The molecule has 0 unspecified atom stereocenters. The number of carbonyl (C=O) groups is 1. The van der Waals surface area contributed by atoms with Crippen molar-refractivity contribution in [3.63, 3.8) is 0 Å². The van der Waals surface area contributed by atoms with Gasteiger partial charge in [0.1, 0.15) is 5.82 Å². The van der Waals surface area contributed by atoms with Gasteiger partial charge in [0.05, 0.1) is 17.3 Å². The van der Waals surface area contributed by atoms with E-state index in [9.17, 15) is 4.79 Å². The first kappa shape index (κ1) is 19.1. The van der Waals surface area contributed by atoms with Gasteiger partial charge in [0.15, 0.2) is 0 Å². The molecule has 0 spiro atoms. The van der Waals surface area contributed by atoms with Crippen molar-refractivity contribution in [2.75, 3.05) is 42.9 Å². The van der Waals surface area contributed by atoms with E-state index in [2.05, 4.69) is 36.0 Å². The Kier molecular flexibility index (Phi) is 6.16. The van der Waals surface area contributed by atoms with Crippen LogP contribution in [0.4, 0.5) is 11.5 Å². The molecule has 1 aromatic heterocycles. The Morgan fingerprint density at radius 2 is 1.96 bits per heavy atom. The molecule has 1 amide bonds. The number of aryl methyl sites for hydroxylation is 2. The number of hydrogen-bond acceptors (Lipinski definition) is 4. The zero-order chi connectivity index (χ0) is 18.7. The van der Waals surface area contributed by atoms with Crippen LogP contribution in [0, 0.1) is 13.8 Å². The summed E-state index contributed by atoms with van der Waals surface area (Å²) in [5, 5.41) is 3.54. The number of pyridine rings is 1. The zero-order valence-corrected chi connectivity index (χ0v) is 17.3. The molecule has 0 atom stereocenters. The summed E-state index contributed by atoms with van der Waals surface area (Å²) >= 11 is 9.68. The van der Waals surface area contributed by atoms with E-state index < -0.39 is 0 Å². The van der Waals surface area contributed by atoms with Crippen molar-refractivity contribution in [2.24, 2.45) is 0 Å². The Bertz CT molecular complexity index is 766. The molecule has 2 aromatic rings. The molecule has 0 radical (unpaired) electrons. The molecular weight excluding hydrogens is 416 g/mol. The van der Waals surface area contributed by atoms with Gasteiger partial charge < -0.3 is 10.2 Å². The summed E-state index contributed by atoms with van der Waals surface area (Å²) in [6, 6.07) is 7.89. The molecule has 0 bridgehead atoms. The summed E-state index contributed by atoms with van der Waals surface area (Å²) in [5.41, 5.74) is 2.78. The number of nitrogens with one attached hydrogen (secondary N) is 1. The molecule has 0 saturated carbocycles. The van der Waals surface area contributed by atoms with E-state index in [1.54, 1.807) is 0 Å². The second kappa shape index (κ2) is 8.37. The number of amides is 1. The minimum absolute atomic E-state index is 0.0333. The summed E-state index contributed by atoms with van der Waals surface area (Å²) in [6.07, 6.45) is 1.81. The van der Waals surface area contributed by atoms with Gasteiger partial charge in [-0.2, -0.15) is 0 Å². The third-order valence-electron chi connectivity index (χ3n) is 4.47. The lowest BCUT2D eigenvalue weighted by atomic mass is 10.1. The molecule has 1 aliphatic rings. The third-order valence-corrected chi connectivity index (χ3v) is 5.24. The number of anilines is 2. The molecule has 7 heteroatoms. The first-order valence-corrected chi connectivity index (χ1v) is 9.75. The number of halogens is 2. The Balaban J connectivity index is 1.53. The lowest BCUT2D eigenvalue weighted by Gasteiger charge is -2.35. The first-order chi connectivity index (χ1) is 12.4. The molecule has 1 aromatic carbocycles. The van der Waals surface area contributed by atoms with Gasteiger partial charge in [-0.1, -0.05) is 17.7 Å². The highest BCUT2D eigenvalue weighted by atomic mass is 79.9. The van der Waals surface area contributed by atoms with Gasteiger partial charge in [-0.3, -0.25) is 9.69 Å². The van der Waals surface area contributed by atoms with Crippen LogP contribution in [0.5, 0.6) is 0 Å². The first-order valence-electron chi connectivity index (χ1n) is 8.58. The SMILES string of the molecule is Cc1cc(C)c(NC(=O)CN2CCN(c3ccc(Br)cn3)CC2)c(Cl)c1. The predicted molar refractivity (Wildman–Crippen MR) is 110 cm³/mol. The Hall–Kier alpha value is -1.63. The van der Waals surface area contributed by atoms with Gasteiger partial charge >= 0.3 is 0 Å². The molecule has 3 rings (SSSR count). The maximum Gasteiger partial charge on any atom is 0.238 e. The van der Waals surface area contributed by atoms with E-state index in [1.165, 1.54) is 0 Å². The van der Waals surface area contributed by atoms with Crippen molar-refractivity contribution in [3.05, 3.63) is 51.1 Å². The normalized spacial score (nSPS) is 15.2. The molecule has 2 heterocycles. The van der Waals surface area contributed by atoms with Gasteiger partial charge in [-0.25, -0.2) is 4.98 Å². The summed E-state index contributed by atoms with van der Waals surface area (Å²) < 4.78 is 0.974. The number of aromatic nitrogens is 1. The standard InChI is InChI=1S/C19H22BrClN4O/c1-13-9-14(2)19(16(21)10-13)23-18(26)12-24-5-7-25(8-6-24)17-4-3-15(20)11-22-17/h3-4,9-11H,5-8,12H2,1-2H3,(H,23,26).